The predicted molar refractivity (Wildman–Crippen MR) is 51.8 cm³/mol. The van der Waals surface area contributed by atoms with Gasteiger partial charge in [-0.15, -0.1) is 12.4 Å². The molecule has 0 amide bonds. The molecule has 0 unspecified atom stereocenters. The summed E-state index contributed by atoms with van der Waals surface area (Å²) >= 11 is 3.19. The number of pyridine rings is 1. The van der Waals surface area contributed by atoms with Gasteiger partial charge in [0.2, 0.25) is 0 Å². The Kier molecular flexibility index (Phi) is 4.67. The molecule has 0 aromatic carbocycles. The van der Waals surface area contributed by atoms with E-state index in [4.69, 9.17) is 5.73 Å². The minimum atomic E-state index is -0.340. The van der Waals surface area contributed by atoms with Crippen LogP contribution in [0.15, 0.2) is 10.7 Å². The molecule has 5 heteroatoms. The van der Waals surface area contributed by atoms with Gasteiger partial charge in [0.1, 0.15) is 10.4 Å². The molecule has 12 heavy (non-hydrogen) atoms. The normalized spacial score (nSPS) is 9.33. The Morgan fingerprint density at radius 3 is 2.75 bits per heavy atom. The fourth-order valence-electron chi connectivity index (χ4n) is 0.736. The van der Waals surface area contributed by atoms with Gasteiger partial charge >= 0.3 is 0 Å². The van der Waals surface area contributed by atoms with Crippen LogP contribution in [0, 0.1) is 12.7 Å². The molecule has 0 fully saturated rings. The van der Waals surface area contributed by atoms with Gasteiger partial charge in [-0.3, -0.25) is 0 Å². The van der Waals surface area contributed by atoms with Crippen molar-refractivity contribution < 1.29 is 4.39 Å². The van der Waals surface area contributed by atoms with E-state index in [1.807, 2.05) is 0 Å². The molecule has 1 aromatic rings. The van der Waals surface area contributed by atoms with Gasteiger partial charge < -0.3 is 5.73 Å². The standard InChI is InChI=1S/C7H8BrFN2.ClH/c1-4-2-5(9)6(3-10)11-7(4)8;/h2H,3,10H2,1H3;1H. The molecule has 2 N–H and O–H groups in total. The first-order valence-electron chi connectivity index (χ1n) is 3.16. The summed E-state index contributed by atoms with van der Waals surface area (Å²) < 4.78 is 13.5. The Morgan fingerprint density at radius 2 is 2.25 bits per heavy atom. The number of nitrogens with two attached hydrogens (primary N) is 1. The second-order valence-electron chi connectivity index (χ2n) is 2.23. The van der Waals surface area contributed by atoms with E-state index < -0.39 is 0 Å². The van der Waals surface area contributed by atoms with Crippen LogP contribution >= 0.6 is 28.3 Å². The molecule has 0 aliphatic carbocycles. The van der Waals surface area contributed by atoms with Crippen molar-refractivity contribution in [2.75, 3.05) is 0 Å². The first-order valence-corrected chi connectivity index (χ1v) is 3.96. The van der Waals surface area contributed by atoms with Crippen LogP contribution in [-0.4, -0.2) is 4.98 Å². The fourth-order valence-corrected chi connectivity index (χ4v) is 1.06. The molecule has 0 spiro atoms. The summed E-state index contributed by atoms with van der Waals surface area (Å²) in [6, 6.07) is 1.42. The van der Waals surface area contributed by atoms with Crippen LogP contribution in [0.1, 0.15) is 11.3 Å². The maximum Gasteiger partial charge on any atom is 0.146 e. The Bertz CT molecular complexity index is 280. The number of aromatic nitrogens is 1. The highest BCUT2D eigenvalue weighted by Crippen LogP contribution is 2.15. The lowest BCUT2D eigenvalue weighted by atomic mass is 10.2. The van der Waals surface area contributed by atoms with E-state index in [0.717, 1.165) is 5.56 Å². The molecular weight excluding hydrogens is 246 g/mol. The van der Waals surface area contributed by atoms with Gasteiger partial charge in [-0.25, -0.2) is 9.37 Å². The average Bonchev–Trinajstić information content (AvgIpc) is 1.97. The summed E-state index contributed by atoms with van der Waals surface area (Å²) in [7, 11) is 0. The number of hydrogen-bond acceptors (Lipinski definition) is 2. The lowest BCUT2D eigenvalue weighted by Gasteiger charge is -2.01. The van der Waals surface area contributed by atoms with Crippen molar-refractivity contribution in [3.63, 3.8) is 0 Å². The topological polar surface area (TPSA) is 38.9 Å². The van der Waals surface area contributed by atoms with Crippen LogP contribution < -0.4 is 5.73 Å². The first-order chi connectivity index (χ1) is 5.15. The molecule has 0 aliphatic rings. The molecule has 1 aromatic heterocycles. The summed E-state index contributed by atoms with van der Waals surface area (Å²) in [6.07, 6.45) is 0. The van der Waals surface area contributed by atoms with E-state index >= 15 is 0 Å². The minimum absolute atomic E-state index is 0. The number of halogens is 3. The zero-order valence-corrected chi connectivity index (χ0v) is 8.88. The van der Waals surface area contributed by atoms with Crippen LogP contribution in [0.4, 0.5) is 4.39 Å². The number of hydrogen-bond donors (Lipinski definition) is 1. The van der Waals surface area contributed by atoms with Crippen LogP contribution in [-0.2, 0) is 6.54 Å². The lowest BCUT2D eigenvalue weighted by molar-refractivity contribution is 0.597. The van der Waals surface area contributed by atoms with E-state index in [9.17, 15) is 4.39 Å². The number of aryl methyl sites for hydroxylation is 1. The predicted octanol–water partition coefficient (Wildman–Crippen LogP) is 2.17. The van der Waals surface area contributed by atoms with Crippen molar-refractivity contribution in [2.24, 2.45) is 5.73 Å². The maximum atomic E-state index is 12.9. The Hall–Kier alpha value is -0.190. The van der Waals surface area contributed by atoms with Crippen molar-refractivity contribution in [2.45, 2.75) is 13.5 Å². The zero-order valence-electron chi connectivity index (χ0n) is 6.47. The van der Waals surface area contributed by atoms with Gasteiger partial charge in [0.15, 0.2) is 0 Å². The average molecular weight is 256 g/mol. The third-order valence-corrected chi connectivity index (χ3v) is 2.17. The van der Waals surface area contributed by atoms with Gasteiger partial charge in [-0.2, -0.15) is 0 Å². The van der Waals surface area contributed by atoms with Crippen molar-refractivity contribution in [1.82, 2.24) is 4.98 Å². The zero-order chi connectivity index (χ0) is 8.43. The molecule has 2 nitrogen and oxygen atoms in total. The van der Waals surface area contributed by atoms with Crippen molar-refractivity contribution in [3.8, 4) is 0 Å². The molecule has 68 valence electrons. The molecule has 1 heterocycles. The summed E-state index contributed by atoms with van der Waals surface area (Å²) in [6.45, 7) is 1.91. The second kappa shape index (κ2) is 4.74. The summed E-state index contributed by atoms with van der Waals surface area (Å²) in [5.41, 5.74) is 6.32. The van der Waals surface area contributed by atoms with Gasteiger partial charge in [0.05, 0.1) is 5.69 Å². The SMILES string of the molecule is Cc1cc(F)c(CN)nc1Br.Cl. The largest absolute Gasteiger partial charge is 0.325 e. The highest BCUT2D eigenvalue weighted by molar-refractivity contribution is 9.10. The molecule has 0 radical (unpaired) electrons. The lowest BCUT2D eigenvalue weighted by Crippen LogP contribution is -2.04. The minimum Gasteiger partial charge on any atom is -0.325 e. The Morgan fingerprint density at radius 1 is 1.67 bits per heavy atom. The van der Waals surface area contributed by atoms with Gasteiger partial charge in [-0.05, 0) is 34.5 Å². The number of nitrogens with zero attached hydrogens (tertiary/aromatic N) is 1. The molecule has 0 saturated heterocycles. The van der Waals surface area contributed by atoms with Gasteiger partial charge in [0, 0.05) is 6.54 Å². The van der Waals surface area contributed by atoms with E-state index in [1.165, 1.54) is 6.07 Å². The van der Waals surface area contributed by atoms with Crippen LogP contribution in [0.3, 0.4) is 0 Å². The molecule has 0 saturated carbocycles. The third-order valence-electron chi connectivity index (χ3n) is 1.37. The fraction of sp³-hybridized carbons (Fsp3) is 0.286. The smallest absolute Gasteiger partial charge is 0.146 e. The summed E-state index contributed by atoms with van der Waals surface area (Å²) in [5.74, 6) is -0.340. The van der Waals surface area contributed by atoms with Crippen LogP contribution in [0.25, 0.3) is 0 Å². The van der Waals surface area contributed by atoms with E-state index in [2.05, 4.69) is 20.9 Å². The van der Waals surface area contributed by atoms with Crippen molar-refractivity contribution in [3.05, 3.63) is 27.7 Å². The van der Waals surface area contributed by atoms with Crippen LogP contribution in [0.2, 0.25) is 0 Å². The van der Waals surface area contributed by atoms with Crippen molar-refractivity contribution in [1.29, 1.82) is 0 Å². The van der Waals surface area contributed by atoms with E-state index in [0.29, 0.717) is 10.3 Å². The monoisotopic (exact) mass is 254 g/mol. The molecule has 0 bridgehead atoms. The highest BCUT2D eigenvalue weighted by Gasteiger charge is 2.04. The number of rotatable bonds is 1. The third kappa shape index (κ3) is 2.40. The maximum absolute atomic E-state index is 12.9. The van der Waals surface area contributed by atoms with Crippen molar-refractivity contribution >= 4 is 28.3 Å². The molecule has 0 atom stereocenters. The first kappa shape index (κ1) is 11.8. The van der Waals surface area contributed by atoms with Gasteiger partial charge in [-0.1, -0.05) is 0 Å². The van der Waals surface area contributed by atoms with E-state index in [-0.39, 0.29) is 24.8 Å². The molecular formula is C7H9BrClFN2. The quantitative estimate of drug-likeness (QED) is 0.781. The molecule has 0 aliphatic heterocycles. The molecule has 1 rings (SSSR count). The highest BCUT2D eigenvalue weighted by atomic mass is 79.9. The Balaban J connectivity index is 0.00000121. The second-order valence-corrected chi connectivity index (χ2v) is 2.98. The van der Waals surface area contributed by atoms with Crippen LogP contribution in [0.5, 0.6) is 0 Å². The van der Waals surface area contributed by atoms with E-state index in [1.54, 1.807) is 6.92 Å². The summed E-state index contributed by atoms with van der Waals surface area (Å²) in [4.78, 5) is 3.91. The summed E-state index contributed by atoms with van der Waals surface area (Å²) in [5, 5.41) is 0. The van der Waals surface area contributed by atoms with Gasteiger partial charge in [0.25, 0.3) is 0 Å². The Labute approximate surface area is 84.9 Å².